The highest BCUT2D eigenvalue weighted by Crippen LogP contribution is 2.36. The molecule has 3 nitrogen and oxygen atoms in total. The van der Waals surface area contributed by atoms with E-state index in [0.717, 1.165) is 30.5 Å². The van der Waals surface area contributed by atoms with E-state index in [-0.39, 0.29) is 36.9 Å². The summed E-state index contributed by atoms with van der Waals surface area (Å²) in [4.78, 5) is 14.3. The third-order valence-corrected chi connectivity index (χ3v) is 4.94. The van der Waals surface area contributed by atoms with Gasteiger partial charge in [-0.15, -0.1) is 0 Å². The fourth-order valence-electron chi connectivity index (χ4n) is 3.18. The van der Waals surface area contributed by atoms with Crippen molar-refractivity contribution in [2.45, 2.75) is 44.6 Å². The van der Waals surface area contributed by atoms with E-state index in [2.05, 4.69) is 5.32 Å². The van der Waals surface area contributed by atoms with Crippen LogP contribution in [-0.2, 0) is 17.5 Å². The lowest BCUT2D eigenvalue weighted by molar-refractivity contribution is -0.137. The van der Waals surface area contributed by atoms with Crippen LogP contribution in [0, 0.1) is 5.82 Å². The van der Waals surface area contributed by atoms with E-state index in [1.165, 1.54) is 18.2 Å². The van der Waals surface area contributed by atoms with E-state index in [0.29, 0.717) is 5.56 Å². The summed E-state index contributed by atoms with van der Waals surface area (Å²) in [6.07, 6.45) is -2.55. The molecule has 28 heavy (non-hydrogen) atoms. The Morgan fingerprint density at radius 2 is 1.86 bits per heavy atom. The molecule has 1 aliphatic carbocycles. The minimum absolute atomic E-state index is 0.100. The van der Waals surface area contributed by atoms with E-state index in [9.17, 15) is 22.4 Å². The van der Waals surface area contributed by atoms with E-state index < -0.39 is 11.7 Å². The summed E-state index contributed by atoms with van der Waals surface area (Å²) >= 11 is 0. The quantitative estimate of drug-likeness (QED) is 0.692. The summed E-state index contributed by atoms with van der Waals surface area (Å²) in [7, 11) is 0. The molecule has 0 spiro atoms. The van der Waals surface area contributed by atoms with Gasteiger partial charge in [-0.1, -0.05) is 24.3 Å². The van der Waals surface area contributed by atoms with Gasteiger partial charge in [0.05, 0.1) is 12.1 Å². The molecule has 1 N–H and O–H groups in total. The van der Waals surface area contributed by atoms with E-state index in [1.807, 2.05) is 11.8 Å². The first-order valence-corrected chi connectivity index (χ1v) is 9.18. The first-order chi connectivity index (χ1) is 13.2. The lowest BCUT2D eigenvalue weighted by Crippen LogP contribution is -2.39. The van der Waals surface area contributed by atoms with Gasteiger partial charge >= 0.3 is 6.18 Å². The fraction of sp³-hybridized carbons (Fsp3) is 0.381. The first-order valence-electron chi connectivity index (χ1n) is 9.18. The number of alkyl halides is 3. The van der Waals surface area contributed by atoms with Crippen LogP contribution in [-0.4, -0.2) is 23.4 Å². The predicted molar refractivity (Wildman–Crippen MR) is 97.8 cm³/mol. The maximum absolute atomic E-state index is 13.0. The summed E-state index contributed by atoms with van der Waals surface area (Å²) < 4.78 is 51.9. The number of amides is 1. The largest absolute Gasteiger partial charge is 0.416 e. The molecule has 3 rings (SSSR count). The summed E-state index contributed by atoms with van der Waals surface area (Å²) in [6, 6.07) is 11.0. The number of rotatable bonds is 7. The van der Waals surface area contributed by atoms with Gasteiger partial charge < -0.3 is 5.32 Å². The minimum Gasteiger partial charge on any atom is -0.351 e. The lowest BCUT2D eigenvalue weighted by Gasteiger charge is -2.29. The molecule has 150 valence electrons. The van der Waals surface area contributed by atoms with Crippen LogP contribution in [0.2, 0.25) is 0 Å². The van der Waals surface area contributed by atoms with Crippen LogP contribution < -0.4 is 5.32 Å². The Morgan fingerprint density at radius 1 is 1.18 bits per heavy atom. The smallest absolute Gasteiger partial charge is 0.351 e. The summed E-state index contributed by atoms with van der Waals surface area (Å²) in [5.41, 5.74) is 0.625. The van der Waals surface area contributed by atoms with Crippen LogP contribution in [0.1, 0.15) is 42.5 Å². The SMILES string of the molecule is CC(c1cccc(C(F)(F)F)c1)N(CC(=O)NCc1ccc(F)cc1)C1CC1. The molecule has 0 saturated heterocycles. The van der Waals surface area contributed by atoms with Crippen molar-refractivity contribution in [2.75, 3.05) is 6.54 Å². The maximum atomic E-state index is 13.0. The number of carbonyl (C=O) groups excluding carboxylic acids is 1. The standard InChI is InChI=1S/C21H22F4N2O/c1-14(16-3-2-4-17(11-16)21(23,24)25)27(19-9-10-19)13-20(28)26-12-15-5-7-18(22)8-6-15/h2-8,11,14,19H,9-10,12-13H2,1H3,(H,26,28). The summed E-state index contributed by atoms with van der Waals surface area (Å²) in [5.74, 6) is -0.556. The number of carbonyl (C=O) groups is 1. The van der Waals surface area contributed by atoms with Crippen LogP contribution in [0.5, 0.6) is 0 Å². The topological polar surface area (TPSA) is 32.3 Å². The summed E-state index contributed by atoms with van der Waals surface area (Å²) in [6.45, 7) is 2.19. The summed E-state index contributed by atoms with van der Waals surface area (Å²) in [5, 5.41) is 2.79. The molecule has 0 heterocycles. The van der Waals surface area contributed by atoms with Gasteiger partial charge in [-0.3, -0.25) is 9.69 Å². The molecule has 0 aromatic heterocycles. The third-order valence-electron chi connectivity index (χ3n) is 4.94. The Labute approximate surface area is 161 Å². The van der Waals surface area contributed by atoms with E-state index in [4.69, 9.17) is 0 Å². The molecule has 1 atom stereocenters. The van der Waals surface area contributed by atoms with Crippen LogP contribution >= 0.6 is 0 Å². The van der Waals surface area contributed by atoms with Gasteiger partial charge in [-0.2, -0.15) is 13.2 Å². The molecule has 2 aromatic rings. The molecular weight excluding hydrogens is 372 g/mol. The highest BCUT2D eigenvalue weighted by Gasteiger charge is 2.35. The van der Waals surface area contributed by atoms with E-state index in [1.54, 1.807) is 18.2 Å². The van der Waals surface area contributed by atoms with Gasteiger partial charge in [0.15, 0.2) is 0 Å². The van der Waals surface area contributed by atoms with Gasteiger partial charge in [0.1, 0.15) is 5.82 Å². The zero-order chi connectivity index (χ0) is 20.3. The molecule has 0 bridgehead atoms. The number of nitrogens with one attached hydrogen (secondary N) is 1. The van der Waals surface area contributed by atoms with E-state index >= 15 is 0 Å². The Balaban J connectivity index is 1.64. The van der Waals surface area contributed by atoms with Crippen molar-refractivity contribution in [2.24, 2.45) is 0 Å². The zero-order valence-corrected chi connectivity index (χ0v) is 15.5. The van der Waals surface area contributed by atoms with Crippen LogP contribution in [0.15, 0.2) is 48.5 Å². The maximum Gasteiger partial charge on any atom is 0.416 e. The van der Waals surface area contributed by atoms with Crippen molar-refractivity contribution < 1.29 is 22.4 Å². The molecule has 7 heteroatoms. The van der Waals surface area contributed by atoms with Gasteiger partial charge in [-0.25, -0.2) is 4.39 Å². The van der Waals surface area contributed by atoms with Crippen LogP contribution in [0.4, 0.5) is 17.6 Å². The highest BCUT2D eigenvalue weighted by molar-refractivity contribution is 5.78. The Morgan fingerprint density at radius 3 is 2.46 bits per heavy atom. The van der Waals surface area contributed by atoms with Crippen molar-refractivity contribution >= 4 is 5.91 Å². The van der Waals surface area contributed by atoms with Crippen LogP contribution in [0.25, 0.3) is 0 Å². The molecule has 0 radical (unpaired) electrons. The lowest BCUT2D eigenvalue weighted by atomic mass is 10.0. The highest BCUT2D eigenvalue weighted by atomic mass is 19.4. The van der Waals surface area contributed by atoms with Crippen molar-refractivity contribution in [1.82, 2.24) is 10.2 Å². The Bertz CT molecular complexity index is 816. The van der Waals surface area contributed by atoms with Gasteiger partial charge in [0.2, 0.25) is 5.91 Å². The monoisotopic (exact) mass is 394 g/mol. The molecule has 1 saturated carbocycles. The predicted octanol–water partition coefficient (Wildman–Crippen LogP) is 4.69. The Kier molecular flexibility index (Phi) is 6.03. The molecule has 2 aromatic carbocycles. The number of nitrogens with zero attached hydrogens (tertiary/aromatic N) is 1. The number of halogens is 4. The zero-order valence-electron chi connectivity index (χ0n) is 15.5. The first kappa shape index (κ1) is 20.3. The van der Waals surface area contributed by atoms with Gasteiger partial charge in [0.25, 0.3) is 0 Å². The molecule has 1 unspecified atom stereocenters. The second-order valence-corrected chi connectivity index (χ2v) is 7.11. The van der Waals surface area contributed by atoms with Crippen molar-refractivity contribution in [3.8, 4) is 0 Å². The fourth-order valence-corrected chi connectivity index (χ4v) is 3.18. The molecule has 1 amide bonds. The van der Waals surface area contributed by atoms with Crippen molar-refractivity contribution in [3.63, 3.8) is 0 Å². The molecule has 1 aliphatic rings. The minimum atomic E-state index is -4.40. The second kappa shape index (κ2) is 8.31. The average Bonchev–Trinajstić information content (AvgIpc) is 3.49. The molecule has 1 fully saturated rings. The Hall–Kier alpha value is -2.41. The van der Waals surface area contributed by atoms with Gasteiger partial charge in [0, 0.05) is 18.6 Å². The van der Waals surface area contributed by atoms with Crippen molar-refractivity contribution in [1.29, 1.82) is 0 Å². The molecule has 0 aliphatic heterocycles. The molecular formula is C21H22F4N2O. The normalized spacial score (nSPS) is 15.5. The number of hydrogen-bond donors (Lipinski definition) is 1. The average molecular weight is 394 g/mol. The number of hydrogen-bond acceptors (Lipinski definition) is 2. The number of benzene rings is 2. The van der Waals surface area contributed by atoms with Gasteiger partial charge in [-0.05, 0) is 55.2 Å². The van der Waals surface area contributed by atoms with Crippen LogP contribution in [0.3, 0.4) is 0 Å². The van der Waals surface area contributed by atoms with Crippen molar-refractivity contribution in [3.05, 3.63) is 71.0 Å². The third kappa shape index (κ3) is 5.32. The second-order valence-electron chi connectivity index (χ2n) is 7.11.